The molecule has 4 aromatic rings. The van der Waals surface area contributed by atoms with E-state index in [0.717, 1.165) is 44.3 Å². The number of nitrogens with zero attached hydrogens (tertiary/aromatic N) is 2. The van der Waals surface area contributed by atoms with E-state index in [9.17, 15) is 5.11 Å². The normalized spacial score (nSPS) is 13.1. The number of benzene rings is 2. The lowest BCUT2D eigenvalue weighted by molar-refractivity contribution is -0.0171. The first-order valence-corrected chi connectivity index (χ1v) is 24.8. The van der Waals surface area contributed by atoms with E-state index in [1.807, 2.05) is 13.0 Å². The second-order valence-corrected chi connectivity index (χ2v) is 21.7. The zero-order valence-electron chi connectivity index (χ0n) is 37.1. The number of hydrogen-bond donors (Lipinski definition) is 1. The number of unbranched alkanes of at least 4 members (excludes halogenated alkanes) is 15. The van der Waals surface area contributed by atoms with Crippen molar-refractivity contribution in [3.05, 3.63) is 84.3 Å². The number of rotatable bonds is 33. The van der Waals surface area contributed by atoms with Gasteiger partial charge in [-0.3, -0.25) is 0 Å². The Balaban J connectivity index is 1.10. The van der Waals surface area contributed by atoms with Crippen molar-refractivity contribution >= 4 is 18.7 Å². The molecule has 9 nitrogen and oxygen atoms in total. The summed E-state index contributed by atoms with van der Waals surface area (Å²) >= 11 is 0. The van der Waals surface area contributed by atoms with Crippen molar-refractivity contribution in [3.63, 3.8) is 0 Å². The second kappa shape index (κ2) is 27.4. The highest BCUT2D eigenvalue weighted by atomic mass is 28.4. The van der Waals surface area contributed by atoms with Gasteiger partial charge in [0.2, 0.25) is 0 Å². The van der Waals surface area contributed by atoms with Crippen LogP contribution in [0.2, 0.25) is 5.04 Å². The molecule has 0 saturated carbocycles. The third-order valence-corrected chi connectivity index (χ3v) is 16.2. The molecule has 0 amide bonds. The third kappa shape index (κ3) is 17.6. The van der Waals surface area contributed by atoms with Gasteiger partial charge in [0.05, 0.1) is 19.3 Å². The van der Waals surface area contributed by atoms with Crippen LogP contribution >= 0.6 is 0 Å². The van der Waals surface area contributed by atoms with E-state index in [4.69, 9.17) is 27.7 Å². The molecule has 0 fully saturated rings. The molecule has 0 aliphatic heterocycles. The van der Waals surface area contributed by atoms with Gasteiger partial charge in [-0.05, 0) is 51.9 Å². The van der Waals surface area contributed by atoms with Crippen molar-refractivity contribution in [2.24, 2.45) is 0 Å². The van der Waals surface area contributed by atoms with Crippen molar-refractivity contribution < 1.29 is 32.8 Å². The fraction of sp³-hybridized carbons (Fsp3) is 0.633. The van der Waals surface area contributed by atoms with E-state index < -0.39 is 20.5 Å². The van der Waals surface area contributed by atoms with E-state index in [2.05, 4.69) is 98.7 Å². The van der Waals surface area contributed by atoms with Crippen LogP contribution in [0.1, 0.15) is 155 Å². The average Bonchev–Trinajstić information content (AvgIpc) is 3.87. The Bertz CT molecular complexity index is 1580. The monoisotopic (exact) mass is 833 g/mol. The molecule has 0 bridgehead atoms. The van der Waals surface area contributed by atoms with E-state index in [1.165, 1.54) is 87.4 Å². The van der Waals surface area contributed by atoms with Crippen LogP contribution in [-0.2, 0) is 15.6 Å². The fourth-order valence-electron chi connectivity index (χ4n) is 7.90. The zero-order valence-corrected chi connectivity index (χ0v) is 38.1. The summed E-state index contributed by atoms with van der Waals surface area (Å²) < 4.78 is 35.7. The summed E-state index contributed by atoms with van der Waals surface area (Å²) in [6.07, 6.45) is 21.7. The molecule has 1 N–H and O–H groups in total. The van der Waals surface area contributed by atoms with Gasteiger partial charge in [0.25, 0.3) is 20.1 Å². The van der Waals surface area contributed by atoms with Crippen molar-refractivity contribution in [1.29, 1.82) is 0 Å². The van der Waals surface area contributed by atoms with Crippen LogP contribution < -0.4 is 19.8 Å². The Hall–Kier alpha value is -3.44. The van der Waals surface area contributed by atoms with Gasteiger partial charge in [0.15, 0.2) is 6.10 Å². The Labute approximate surface area is 357 Å². The molecule has 4 rings (SSSR count). The minimum atomic E-state index is -2.52. The maximum Gasteiger partial charge on any atom is 0.261 e. The summed E-state index contributed by atoms with van der Waals surface area (Å²) in [5.41, 5.74) is 0. The Morgan fingerprint density at radius 2 is 1.20 bits per heavy atom. The molecule has 2 unspecified atom stereocenters. The Kier molecular flexibility index (Phi) is 22.4. The summed E-state index contributed by atoms with van der Waals surface area (Å²) in [5, 5.41) is 21.4. The van der Waals surface area contributed by atoms with Gasteiger partial charge in [0.1, 0.15) is 18.1 Å². The van der Waals surface area contributed by atoms with Gasteiger partial charge < -0.3 is 32.8 Å². The van der Waals surface area contributed by atoms with Crippen LogP contribution in [0.15, 0.2) is 81.8 Å². The maximum absolute atomic E-state index is 10.7. The van der Waals surface area contributed by atoms with Gasteiger partial charge in [-0.25, -0.2) is 0 Å². The summed E-state index contributed by atoms with van der Waals surface area (Å²) in [4.78, 5) is 0. The molecule has 328 valence electrons. The number of aliphatic hydroxyl groups is 1. The molecular weight excluding hydrogens is 757 g/mol. The van der Waals surface area contributed by atoms with Crippen LogP contribution in [0.25, 0.3) is 0 Å². The molecule has 2 heterocycles. The number of hydrogen-bond acceptors (Lipinski definition) is 9. The van der Waals surface area contributed by atoms with Gasteiger partial charge in [0, 0.05) is 25.2 Å². The molecular formula is C49H76N2O7Si. The van der Waals surface area contributed by atoms with Crippen molar-refractivity contribution in [3.8, 4) is 11.8 Å². The SMILES string of the molecule is CCCCCCCCCCCCCCCc1cc(OCC(COCC(O)CCCCCCO[Si](c2ccccc2)(c2ccccc2)C(C)(C)C)Oc2cc(C)on2)no1. The summed E-state index contributed by atoms with van der Waals surface area (Å²) in [6, 6.07) is 25.2. The van der Waals surface area contributed by atoms with Crippen molar-refractivity contribution in [2.75, 3.05) is 26.4 Å². The van der Waals surface area contributed by atoms with Crippen molar-refractivity contribution in [2.45, 2.75) is 174 Å². The molecule has 0 saturated heterocycles. The van der Waals surface area contributed by atoms with E-state index >= 15 is 0 Å². The fourth-order valence-corrected chi connectivity index (χ4v) is 12.5. The predicted octanol–water partition coefficient (Wildman–Crippen LogP) is 11.3. The number of aromatic nitrogens is 2. The predicted molar refractivity (Wildman–Crippen MR) is 241 cm³/mol. The van der Waals surface area contributed by atoms with Crippen LogP contribution in [0, 0.1) is 6.92 Å². The topological polar surface area (TPSA) is 109 Å². The molecule has 0 spiro atoms. The summed E-state index contributed by atoms with van der Waals surface area (Å²) in [5.74, 6) is 2.28. The maximum atomic E-state index is 10.7. The first-order chi connectivity index (χ1) is 28.7. The quantitative estimate of drug-likeness (QED) is 0.0371. The Morgan fingerprint density at radius 3 is 1.78 bits per heavy atom. The van der Waals surface area contributed by atoms with Crippen LogP contribution in [-0.4, -0.2) is 62.4 Å². The average molecular weight is 833 g/mol. The van der Waals surface area contributed by atoms with E-state index in [1.54, 1.807) is 6.07 Å². The van der Waals surface area contributed by atoms with Crippen LogP contribution in [0.4, 0.5) is 0 Å². The summed E-state index contributed by atoms with van der Waals surface area (Å²) in [6.45, 7) is 12.3. The van der Waals surface area contributed by atoms with Gasteiger partial charge in [-0.15, -0.1) is 0 Å². The number of aryl methyl sites for hydroxylation is 2. The molecule has 0 aliphatic rings. The lowest BCUT2D eigenvalue weighted by atomic mass is 10.0. The van der Waals surface area contributed by atoms with E-state index in [0.29, 0.717) is 30.5 Å². The molecule has 2 aromatic heterocycles. The highest BCUT2D eigenvalue weighted by molar-refractivity contribution is 6.99. The lowest BCUT2D eigenvalue weighted by Crippen LogP contribution is -2.66. The molecule has 2 aromatic carbocycles. The van der Waals surface area contributed by atoms with Crippen LogP contribution in [0.3, 0.4) is 0 Å². The number of ether oxygens (including phenoxy) is 3. The first-order valence-electron chi connectivity index (χ1n) is 22.9. The summed E-state index contributed by atoms with van der Waals surface area (Å²) in [7, 11) is -2.52. The third-order valence-electron chi connectivity index (χ3n) is 11.2. The van der Waals surface area contributed by atoms with Crippen LogP contribution in [0.5, 0.6) is 11.8 Å². The zero-order chi connectivity index (χ0) is 42.0. The molecule has 59 heavy (non-hydrogen) atoms. The highest BCUT2D eigenvalue weighted by Crippen LogP contribution is 2.37. The molecule has 10 heteroatoms. The Morgan fingerprint density at radius 1 is 0.644 bits per heavy atom. The number of aliphatic hydroxyl groups excluding tert-OH is 1. The standard InChI is InChI=1S/C49H76N2O7Si/c1-6-7-8-9-10-11-12-13-14-15-16-17-23-30-43-37-47(50-58-43)54-40-44(56-48-36-41(2)57-51-48)39-53-38-42(52)29-22-18-19-28-35-55-59(49(3,4)5,45-31-24-20-25-32-45)46-33-26-21-27-34-46/h20-21,24-27,31-34,36-37,42,44,52H,6-19,22-23,28-30,35,38-40H2,1-5H3. The lowest BCUT2D eigenvalue weighted by Gasteiger charge is -2.43. The van der Waals surface area contributed by atoms with Crippen molar-refractivity contribution in [1.82, 2.24) is 10.3 Å². The minimum Gasteiger partial charge on any atom is -0.471 e. The smallest absolute Gasteiger partial charge is 0.261 e. The van der Waals surface area contributed by atoms with Gasteiger partial charge >= 0.3 is 0 Å². The largest absolute Gasteiger partial charge is 0.471 e. The second-order valence-electron chi connectivity index (χ2n) is 17.4. The molecule has 0 radical (unpaired) electrons. The van der Waals surface area contributed by atoms with Gasteiger partial charge in [-0.2, -0.15) is 0 Å². The first kappa shape index (κ1) is 48.2. The minimum absolute atomic E-state index is 0.0328. The highest BCUT2D eigenvalue weighted by Gasteiger charge is 2.49. The molecule has 2 atom stereocenters. The molecule has 0 aliphatic carbocycles. The van der Waals surface area contributed by atoms with E-state index in [-0.39, 0.29) is 24.9 Å². The van der Waals surface area contributed by atoms with Gasteiger partial charge in [-0.1, -0.05) is 185 Å².